The highest BCUT2D eigenvalue weighted by Crippen LogP contribution is 2.24. The average Bonchev–Trinajstić information content (AvgIpc) is 3.17. The molecule has 0 radical (unpaired) electrons. The monoisotopic (exact) mass is 433 g/mol. The number of amides is 1. The molecule has 2 aromatic carbocycles. The normalized spacial score (nSPS) is 14.6. The molecule has 1 fully saturated rings. The van der Waals surface area contributed by atoms with Crippen molar-refractivity contribution in [3.8, 4) is 5.75 Å². The Hall–Kier alpha value is -2.82. The highest BCUT2D eigenvalue weighted by molar-refractivity contribution is 5.78. The number of fused-ring (bicyclic) bond motifs is 1. The lowest BCUT2D eigenvalue weighted by Gasteiger charge is -2.20. The molecular formula is C27H35N3O2. The molecule has 4 rings (SSSR count). The van der Waals surface area contributed by atoms with Gasteiger partial charge in [0, 0.05) is 25.4 Å². The first-order chi connectivity index (χ1) is 15.6. The molecule has 0 atom stereocenters. The van der Waals surface area contributed by atoms with Crippen LogP contribution in [0.15, 0.2) is 42.5 Å². The van der Waals surface area contributed by atoms with Crippen LogP contribution in [-0.2, 0) is 17.8 Å². The molecule has 1 N–H and O–H groups in total. The summed E-state index contributed by atoms with van der Waals surface area (Å²) < 4.78 is 8.26. The van der Waals surface area contributed by atoms with E-state index in [9.17, 15) is 4.79 Å². The lowest BCUT2D eigenvalue weighted by molar-refractivity contribution is -0.125. The predicted octanol–water partition coefficient (Wildman–Crippen LogP) is 5.36. The summed E-state index contributed by atoms with van der Waals surface area (Å²) >= 11 is 0. The van der Waals surface area contributed by atoms with E-state index in [-0.39, 0.29) is 11.8 Å². The van der Waals surface area contributed by atoms with Crippen LogP contribution < -0.4 is 10.1 Å². The minimum Gasteiger partial charge on any atom is -0.494 e. The number of hydrogen-bond donors (Lipinski definition) is 1. The Morgan fingerprint density at radius 1 is 1.09 bits per heavy atom. The number of para-hydroxylation sites is 2. The Bertz CT molecular complexity index is 1050. The topological polar surface area (TPSA) is 56.1 Å². The van der Waals surface area contributed by atoms with Crippen molar-refractivity contribution < 1.29 is 9.53 Å². The number of rotatable bonds is 9. The van der Waals surface area contributed by atoms with Crippen LogP contribution in [-0.4, -0.2) is 28.6 Å². The number of nitrogens with zero attached hydrogens (tertiary/aromatic N) is 2. The van der Waals surface area contributed by atoms with Crippen molar-refractivity contribution in [1.29, 1.82) is 0 Å². The van der Waals surface area contributed by atoms with E-state index >= 15 is 0 Å². The average molecular weight is 434 g/mol. The van der Waals surface area contributed by atoms with Crippen molar-refractivity contribution in [2.45, 2.75) is 65.3 Å². The van der Waals surface area contributed by atoms with Crippen molar-refractivity contribution in [3.05, 3.63) is 59.4 Å². The second-order valence-electron chi connectivity index (χ2n) is 8.99. The van der Waals surface area contributed by atoms with Gasteiger partial charge < -0.3 is 14.6 Å². The highest BCUT2D eigenvalue weighted by atomic mass is 16.5. The second-order valence-corrected chi connectivity index (χ2v) is 8.99. The smallest absolute Gasteiger partial charge is 0.223 e. The number of aromatic nitrogens is 2. The van der Waals surface area contributed by atoms with Gasteiger partial charge in [-0.3, -0.25) is 4.79 Å². The minimum atomic E-state index is 0.199. The van der Waals surface area contributed by atoms with Crippen LogP contribution >= 0.6 is 0 Å². The van der Waals surface area contributed by atoms with Crippen LogP contribution in [0.1, 0.15) is 55.5 Å². The summed E-state index contributed by atoms with van der Waals surface area (Å²) in [6, 6.07) is 14.5. The molecule has 5 nitrogen and oxygen atoms in total. The van der Waals surface area contributed by atoms with Gasteiger partial charge in [-0.15, -0.1) is 0 Å². The van der Waals surface area contributed by atoms with Gasteiger partial charge in [-0.05, 0) is 68.5 Å². The van der Waals surface area contributed by atoms with Gasteiger partial charge in [-0.25, -0.2) is 4.98 Å². The zero-order valence-electron chi connectivity index (χ0n) is 19.4. The Labute approximate surface area is 191 Å². The maximum atomic E-state index is 12.5. The molecule has 0 spiro atoms. The fourth-order valence-corrected chi connectivity index (χ4v) is 4.59. The van der Waals surface area contributed by atoms with Gasteiger partial charge in [0.25, 0.3) is 0 Å². The van der Waals surface area contributed by atoms with Crippen molar-refractivity contribution in [1.82, 2.24) is 14.9 Å². The number of hydrogen-bond acceptors (Lipinski definition) is 3. The molecule has 0 saturated heterocycles. The Morgan fingerprint density at radius 2 is 1.91 bits per heavy atom. The summed E-state index contributed by atoms with van der Waals surface area (Å²) in [5.74, 6) is 2.37. The first kappa shape index (κ1) is 22.4. The summed E-state index contributed by atoms with van der Waals surface area (Å²) in [7, 11) is 0. The molecule has 0 aliphatic heterocycles. The quantitative estimate of drug-likeness (QED) is 0.462. The number of carbonyl (C=O) groups is 1. The fraction of sp³-hybridized carbons (Fsp3) is 0.481. The van der Waals surface area contributed by atoms with E-state index in [1.165, 1.54) is 30.4 Å². The van der Waals surface area contributed by atoms with Gasteiger partial charge >= 0.3 is 0 Å². The summed E-state index contributed by atoms with van der Waals surface area (Å²) in [6.07, 6.45) is 7.33. The number of aryl methyl sites for hydroxylation is 3. The number of imidazole rings is 1. The fourth-order valence-electron chi connectivity index (χ4n) is 4.59. The summed E-state index contributed by atoms with van der Waals surface area (Å²) in [5, 5.41) is 3.15. The SMILES string of the molecule is Cc1ccc(OCCCn2c(CCNC(=O)C3CCCCC3)nc3ccccc32)cc1C. The zero-order valence-corrected chi connectivity index (χ0v) is 19.4. The molecule has 5 heteroatoms. The third-order valence-electron chi connectivity index (χ3n) is 6.63. The summed E-state index contributed by atoms with van der Waals surface area (Å²) in [4.78, 5) is 17.3. The van der Waals surface area contributed by atoms with E-state index in [2.05, 4.69) is 54.1 Å². The van der Waals surface area contributed by atoms with E-state index in [1.807, 2.05) is 12.1 Å². The van der Waals surface area contributed by atoms with E-state index < -0.39 is 0 Å². The molecule has 1 aliphatic rings. The second kappa shape index (κ2) is 10.7. The van der Waals surface area contributed by atoms with Crippen molar-refractivity contribution in [2.75, 3.05) is 13.2 Å². The third-order valence-corrected chi connectivity index (χ3v) is 6.63. The summed E-state index contributed by atoms with van der Waals surface area (Å²) in [6.45, 7) is 6.36. The number of ether oxygens (including phenoxy) is 1. The predicted molar refractivity (Wildman–Crippen MR) is 129 cm³/mol. The van der Waals surface area contributed by atoms with Crippen molar-refractivity contribution >= 4 is 16.9 Å². The van der Waals surface area contributed by atoms with Crippen LogP contribution in [0.4, 0.5) is 0 Å². The molecule has 0 bridgehead atoms. The van der Waals surface area contributed by atoms with Crippen LogP contribution in [0, 0.1) is 19.8 Å². The standard InChI is InChI=1S/C27H35N3O2/c1-20-13-14-23(19-21(20)2)32-18-8-17-30-25-12-7-6-11-24(25)29-26(30)15-16-28-27(31)22-9-4-3-5-10-22/h6-7,11-14,19,22H,3-5,8-10,15-18H2,1-2H3,(H,28,31). The Kier molecular flexibility index (Phi) is 7.46. The molecule has 1 aromatic heterocycles. The van der Waals surface area contributed by atoms with Crippen LogP contribution in [0.25, 0.3) is 11.0 Å². The van der Waals surface area contributed by atoms with Crippen LogP contribution in [0.5, 0.6) is 5.75 Å². The lowest BCUT2D eigenvalue weighted by Crippen LogP contribution is -2.33. The molecule has 3 aromatic rings. The first-order valence-corrected chi connectivity index (χ1v) is 12.0. The Morgan fingerprint density at radius 3 is 2.72 bits per heavy atom. The van der Waals surface area contributed by atoms with Crippen molar-refractivity contribution in [3.63, 3.8) is 0 Å². The molecule has 0 unspecified atom stereocenters. The largest absolute Gasteiger partial charge is 0.494 e. The van der Waals surface area contributed by atoms with E-state index in [1.54, 1.807) is 0 Å². The van der Waals surface area contributed by atoms with Gasteiger partial charge in [-0.1, -0.05) is 37.5 Å². The number of benzene rings is 2. The van der Waals surface area contributed by atoms with Gasteiger partial charge in [0.1, 0.15) is 11.6 Å². The zero-order chi connectivity index (χ0) is 22.3. The van der Waals surface area contributed by atoms with Gasteiger partial charge in [0.15, 0.2) is 0 Å². The van der Waals surface area contributed by atoms with E-state index in [0.717, 1.165) is 54.8 Å². The first-order valence-electron chi connectivity index (χ1n) is 12.0. The van der Waals surface area contributed by atoms with Crippen molar-refractivity contribution in [2.24, 2.45) is 5.92 Å². The van der Waals surface area contributed by atoms with Crippen LogP contribution in [0.3, 0.4) is 0 Å². The van der Waals surface area contributed by atoms with Gasteiger partial charge in [0.05, 0.1) is 17.6 Å². The van der Waals surface area contributed by atoms with Gasteiger partial charge in [0.2, 0.25) is 5.91 Å². The van der Waals surface area contributed by atoms with E-state index in [0.29, 0.717) is 13.2 Å². The maximum Gasteiger partial charge on any atom is 0.223 e. The number of carbonyl (C=O) groups excluding carboxylic acids is 1. The highest BCUT2D eigenvalue weighted by Gasteiger charge is 2.20. The molecule has 1 amide bonds. The molecule has 1 heterocycles. The summed E-state index contributed by atoms with van der Waals surface area (Å²) in [5.41, 5.74) is 4.69. The molecular weight excluding hydrogens is 398 g/mol. The maximum absolute atomic E-state index is 12.5. The van der Waals surface area contributed by atoms with Crippen LogP contribution in [0.2, 0.25) is 0 Å². The lowest BCUT2D eigenvalue weighted by atomic mass is 9.89. The third kappa shape index (κ3) is 5.50. The van der Waals surface area contributed by atoms with Gasteiger partial charge in [-0.2, -0.15) is 0 Å². The molecule has 1 aliphatic carbocycles. The molecule has 170 valence electrons. The van der Waals surface area contributed by atoms with E-state index in [4.69, 9.17) is 9.72 Å². The minimum absolute atomic E-state index is 0.199. The Balaban J connectivity index is 1.34. The molecule has 32 heavy (non-hydrogen) atoms. The number of nitrogens with one attached hydrogen (secondary N) is 1. The molecule has 1 saturated carbocycles.